The van der Waals surface area contributed by atoms with Gasteiger partial charge in [0.15, 0.2) is 0 Å². The highest BCUT2D eigenvalue weighted by Crippen LogP contribution is 2.34. The van der Waals surface area contributed by atoms with Gasteiger partial charge in [-0.3, -0.25) is 0 Å². The van der Waals surface area contributed by atoms with Gasteiger partial charge in [0, 0.05) is 18.2 Å². The zero-order chi connectivity index (χ0) is 14.8. The number of benzene rings is 1. The van der Waals surface area contributed by atoms with E-state index in [2.05, 4.69) is 11.6 Å². The van der Waals surface area contributed by atoms with Gasteiger partial charge in [-0.15, -0.1) is 0 Å². The first-order valence-electron chi connectivity index (χ1n) is 7.00. The SMILES string of the molecule is CCOc1ccc(S(=O)(=O)NC2CC2CC)cc1CN. The standard InChI is InChI=1S/C14H22N2O3S/c1-3-10-8-13(10)16-20(17,18)12-5-6-14(19-4-2)11(7-12)9-15/h5-7,10,13,16H,3-4,8-9,15H2,1-2H3. The van der Waals surface area contributed by atoms with Crippen LogP contribution in [-0.4, -0.2) is 21.1 Å². The molecule has 0 heterocycles. The summed E-state index contributed by atoms with van der Waals surface area (Å²) in [5, 5.41) is 0. The predicted octanol–water partition coefficient (Wildman–Crippen LogP) is 1.62. The van der Waals surface area contributed by atoms with Crippen molar-refractivity contribution < 1.29 is 13.2 Å². The van der Waals surface area contributed by atoms with E-state index in [9.17, 15) is 8.42 Å². The second kappa shape index (κ2) is 6.11. The molecule has 2 rings (SSSR count). The van der Waals surface area contributed by atoms with Crippen molar-refractivity contribution >= 4 is 10.0 Å². The molecule has 0 radical (unpaired) electrons. The van der Waals surface area contributed by atoms with Crippen molar-refractivity contribution in [2.75, 3.05) is 6.61 Å². The summed E-state index contributed by atoms with van der Waals surface area (Å²) in [5.74, 6) is 1.12. The zero-order valence-electron chi connectivity index (χ0n) is 11.9. The molecule has 0 spiro atoms. The summed E-state index contributed by atoms with van der Waals surface area (Å²) in [6.45, 7) is 4.73. The van der Waals surface area contributed by atoms with E-state index < -0.39 is 10.0 Å². The van der Waals surface area contributed by atoms with E-state index in [0.29, 0.717) is 23.8 Å². The maximum atomic E-state index is 12.3. The van der Waals surface area contributed by atoms with E-state index in [1.54, 1.807) is 18.2 Å². The molecule has 1 aromatic rings. The fraction of sp³-hybridized carbons (Fsp3) is 0.571. The second-order valence-corrected chi connectivity index (χ2v) is 6.75. The number of rotatable bonds is 7. The molecular weight excluding hydrogens is 276 g/mol. The van der Waals surface area contributed by atoms with Gasteiger partial charge in [-0.2, -0.15) is 0 Å². The van der Waals surface area contributed by atoms with Gasteiger partial charge < -0.3 is 10.5 Å². The third-order valence-electron chi connectivity index (χ3n) is 3.62. The van der Waals surface area contributed by atoms with Gasteiger partial charge in [0.1, 0.15) is 5.75 Å². The lowest BCUT2D eigenvalue weighted by atomic mass is 10.2. The third kappa shape index (κ3) is 3.31. The highest BCUT2D eigenvalue weighted by atomic mass is 32.2. The fourth-order valence-electron chi connectivity index (χ4n) is 2.29. The Morgan fingerprint density at radius 2 is 2.15 bits per heavy atom. The Kier molecular flexibility index (Phi) is 4.67. The van der Waals surface area contributed by atoms with Gasteiger partial charge in [0.2, 0.25) is 10.0 Å². The smallest absolute Gasteiger partial charge is 0.240 e. The molecule has 0 aliphatic heterocycles. The van der Waals surface area contributed by atoms with Gasteiger partial charge in [0.25, 0.3) is 0 Å². The lowest BCUT2D eigenvalue weighted by molar-refractivity contribution is 0.336. The molecule has 0 amide bonds. The van der Waals surface area contributed by atoms with Crippen molar-refractivity contribution in [2.45, 2.75) is 44.2 Å². The first-order chi connectivity index (χ1) is 9.51. The molecule has 6 heteroatoms. The average Bonchev–Trinajstić information content (AvgIpc) is 3.16. The van der Waals surface area contributed by atoms with Crippen LogP contribution in [0.15, 0.2) is 23.1 Å². The molecule has 2 atom stereocenters. The predicted molar refractivity (Wildman–Crippen MR) is 78.0 cm³/mol. The maximum Gasteiger partial charge on any atom is 0.240 e. The summed E-state index contributed by atoms with van der Waals surface area (Å²) in [5.41, 5.74) is 6.36. The van der Waals surface area contributed by atoms with Gasteiger partial charge >= 0.3 is 0 Å². The molecule has 0 saturated heterocycles. The fourth-order valence-corrected chi connectivity index (χ4v) is 3.66. The molecule has 2 unspecified atom stereocenters. The molecular formula is C14H22N2O3S. The number of sulfonamides is 1. The monoisotopic (exact) mass is 298 g/mol. The zero-order valence-corrected chi connectivity index (χ0v) is 12.7. The highest BCUT2D eigenvalue weighted by Gasteiger charge is 2.38. The Hall–Kier alpha value is -1.11. The van der Waals surface area contributed by atoms with Crippen molar-refractivity contribution in [2.24, 2.45) is 11.7 Å². The second-order valence-electron chi connectivity index (χ2n) is 5.04. The average molecular weight is 298 g/mol. The number of nitrogens with two attached hydrogens (primary N) is 1. The Morgan fingerprint density at radius 1 is 1.40 bits per heavy atom. The lowest BCUT2D eigenvalue weighted by Gasteiger charge is -2.12. The first kappa shape index (κ1) is 15.3. The lowest BCUT2D eigenvalue weighted by Crippen LogP contribution is -2.27. The summed E-state index contributed by atoms with van der Waals surface area (Å²) >= 11 is 0. The molecule has 0 aromatic heterocycles. The normalized spacial score (nSPS) is 21.8. The Labute approximate surface area is 120 Å². The van der Waals surface area contributed by atoms with E-state index >= 15 is 0 Å². The van der Waals surface area contributed by atoms with Crippen molar-refractivity contribution in [3.8, 4) is 5.75 Å². The molecule has 0 bridgehead atoms. The van der Waals surface area contributed by atoms with Crippen molar-refractivity contribution in [3.05, 3.63) is 23.8 Å². The van der Waals surface area contributed by atoms with Crippen LogP contribution in [0.1, 0.15) is 32.3 Å². The minimum absolute atomic E-state index is 0.0814. The topological polar surface area (TPSA) is 81.4 Å². The summed E-state index contributed by atoms with van der Waals surface area (Å²) in [7, 11) is -3.47. The largest absolute Gasteiger partial charge is 0.494 e. The molecule has 3 N–H and O–H groups in total. The van der Waals surface area contributed by atoms with Crippen molar-refractivity contribution in [1.82, 2.24) is 4.72 Å². The quantitative estimate of drug-likeness (QED) is 0.801. The van der Waals surface area contributed by atoms with E-state index in [4.69, 9.17) is 10.5 Å². The van der Waals surface area contributed by atoms with Crippen molar-refractivity contribution in [1.29, 1.82) is 0 Å². The van der Waals surface area contributed by atoms with Gasteiger partial charge in [-0.25, -0.2) is 13.1 Å². The Bertz CT molecular complexity index is 572. The van der Waals surface area contributed by atoms with E-state index in [0.717, 1.165) is 12.8 Å². The number of nitrogens with one attached hydrogen (secondary N) is 1. The van der Waals surface area contributed by atoms with E-state index in [1.165, 1.54) is 0 Å². The Balaban J connectivity index is 2.19. The molecule has 20 heavy (non-hydrogen) atoms. The van der Waals surface area contributed by atoms with Crippen LogP contribution in [0.5, 0.6) is 5.75 Å². The molecule has 1 saturated carbocycles. The summed E-state index contributed by atoms with van der Waals surface area (Å²) in [4.78, 5) is 0.253. The molecule has 1 aliphatic carbocycles. The molecule has 5 nitrogen and oxygen atoms in total. The van der Waals surface area contributed by atoms with Crippen LogP contribution in [0.4, 0.5) is 0 Å². The van der Waals surface area contributed by atoms with Crippen LogP contribution in [-0.2, 0) is 16.6 Å². The third-order valence-corrected chi connectivity index (χ3v) is 5.10. The summed E-state index contributed by atoms with van der Waals surface area (Å²) < 4.78 is 32.7. The summed E-state index contributed by atoms with van der Waals surface area (Å²) in [6, 6.07) is 4.91. The van der Waals surface area contributed by atoms with Crippen molar-refractivity contribution in [3.63, 3.8) is 0 Å². The number of ether oxygens (including phenoxy) is 1. The first-order valence-corrected chi connectivity index (χ1v) is 8.48. The highest BCUT2D eigenvalue weighted by molar-refractivity contribution is 7.89. The summed E-state index contributed by atoms with van der Waals surface area (Å²) in [6.07, 6.45) is 1.93. The minimum atomic E-state index is -3.47. The van der Waals surface area contributed by atoms with Crippen LogP contribution >= 0.6 is 0 Å². The van der Waals surface area contributed by atoms with Crippen LogP contribution < -0.4 is 15.2 Å². The van der Waals surface area contributed by atoms with Crippen LogP contribution in [0.2, 0.25) is 0 Å². The van der Waals surface area contributed by atoms with Gasteiger partial charge in [-0.05, 0) is 37.5 Å². The van der Waals surface area contributed by atoms with Crippen LogP contribution in [0, 0.1) is 5.92 Å². The van der Waals surface area contributed by atoms with Gasteiger partial charge in [0.05, 0.1) is 11.5 Å². The maximum absolute atomic E-state index is 12.3. The molecule has 1 aliphatic rings. The molecule has 1 fully saturated rings. The van der Waals surface area contributed by atoms with E-state index in [-0.39, 0.29) is 17.5 Å². The molecule has 112 valence electrons. The van der Waals surface area contributed by atoms with Crippen LogP contribution in [0.25, 0.3) is 0 Å². The molecule has 1 aromatic carbocycles. The number of hydrogen-bond donors (Lipinski definition) is 2. The van der Waals surface area contributed by atoms with E-state index in [1.807, 2.05) is 6.92 Å². The van der Waals surface area contributed by atoms with Crippen LogP contribution in [0.3, 0.4) is 0 Å². The van der Waals surface area contributed by atoms with Gasteiger partial charge in [-0.1, -0.05) is 13.3 Å². The minimum Gasteiger partial charge on any atom is -0.494 e. The Morgan fingerprint density at radius 3 is 2.70 bits per heavy atom. The number of hydrogen-bond acceptors (Lipinski definition) is 4.